The Balaban J connectivity index is 2.40. The number of nitrogens with one attached hydrogen (secondary N) is 2. The van der Waals surface area contributed by atoms with Crippen molar-refractivity contribution in [3.05, 3.63) is 18.0 Å². The molecule has 19 heavy (non-hydrogen) atoms. The fourth-order valence-electron chi connectivity index (χ4n) is 1.30. The van der Waals surface area contributed by atoms with Crippen LogP contribution in [0.5, 0.6) is 0 Å². The highest BCUT2D eigenvalue weighted by atomic mass is 35.7. The summed E-state index contributed by atoms with van der Waals surface area (Å²) >= 11 is 0. The average Bonchev–Trinajstić information content (AvgIpc) is 2.76. The highest BCUT2D eigenvalue weighted by Gasteiger charge is 2.15. The van der Waals surface area contributed by atoms with E-state index in [4.69, 9.17) is 15.4 Å². The van der Waals surface area contributed by atoms with Gasteiger partial charge >= 0.3 is 0 Å². The summed E-state index contributed by atoms with van der Waals surface area (Å²) in [4.78, 5) is 14.1. The van der Waals surface area contributed by atoms with Gasteiger partial charge in [-0.05, 0) is 12.0 Å². The lowest BCUT2D eigenvalue weighted by molar-refractivity contribution is 0.0882. The Hall–Kier alpha value is -1.05. The zero-order valence-electron chi connectivity index (χ0n) is 10.8. The van der Waals surface area contributed by atoms with Crippen molar-refractivity contribution < 1.29 is 17.9 Å². The van der Waals surface area contributed by atoms with Gasteiger partial charge in [0.05, 0.1) is 6.61 Å². The van der Waals surface area contributed by atoms with Gasteiger partial charge in [0.25, 0.3) is 15.0 Å². The zero-order valence-corrected chi connectivity index (χ0v) is 12.3. The standard InChI is InChI=1S/C11H17ClN2O4S/c1-8(2)7-18-4-3-13-11(15)10-5-9(6-14-10)19(12,16)17/h5-6,8,14H,3-4,7H2,1-2H3,(H,13,15). The van der Waals surface area contributed by atoms with Gasteiger partial charge in [0, 0.05) is 30.0 Å². The number of hydrogen-bond acceptors (Lipinski definition) is 4. The van der Waals surface area contributed by atoms with Gasteiger partial charge in [-0.3, -0.25) is 4.79 Å². The molecule has 1 aromatic heterocycles. The number of rotatable bonds is 7. The summed E-state index contributed by atoms with van der Waals surface area (Å²) in [6.07, 6.45) is 1.17. The third-order valence-corrected chi connectivity index (χ3v) is 3.50. The molecule has 1 amide bonds. The van der Waals surface area contributed by atoms with E-state index in [0.717, 1.165) is 0 Å². The molecule has 1 rings (SSSR count). The third kappa shape index (κ3) is 5.63. The van der Waals surface area contributed by atoms with Crippen LogP contribution in [0, 0.1) is 5.92 Å². The van der Waals surface area contributed by atoms with Gasteiger partial charge in [0.15, 0.2) is 0 Å². The molecule has 0 bridgehead atoms. The molecule has 8 heteroatoms. The molecule has 0 aromatic carbocycles. The summed E-state index contributed by atoms with van der Waals surface area (Å²) in [5.41, 5.74) is 0.142. The summed E-state index contributed by atoms with van der Waals surface area (Å²) in [5, 5.41) is 2.60. The fraction of sp³-hybridized carbons (Fsp3) is 0.545. The van der Waals surface area contributed by atoms with Gasteiger partial charge in [-0.1, -0.05) is 13.8 Å². The van der Waals surface area contributed by atoms with Crippen LogP contribution in [0.25, 0.3) is 0 Å². The molecule has 0 fully saturated rings. The summed E-state index contributed by atoms with van der Waals surface area (Å²) in [6, 6.07) is 1.19. The van der Waals surface area contributed by atoms with Crippen LogP contribution in [0.2, 0.25) is 0 Å². The lowest BCUT2D eigenvalue weighted by Crippen LogP contribution is -2.27. The van der Waals surface area contributed by atoms with Crippen LogP contribution in [0.1, 0.15) is 24.3 Å². The fourth-order valence-corrected chi connectivity index (χ4v) is 2.02. The van der Waals surface area contributed by atoms with Crippen LogP contribution in [0.3, 0.4) is 0 Å². The first-order chi connectivity index (χ1) is 8.80. The van der Waals surface area contributed by atoms with E-state index >= 15 is 0 Å². The van der Waals surface area contributed by atoms with Crippen LogP contribution >= 0.6 is 10.7 Å². The van der Waals surface area contributed by atoms with Crippen LogP contribution in [-0.2, 0) is 13.8 Å². The molecule has 1 heterocycles. The number of ether oxygens (including phenoxy) is 1. The first-order valence-corrected chi connectivity index (χ1v) is 8.10. The SMILES string of the molecule is CC(C)COCCNC(=O)c1cc(S(=O)(=O)Cl)c[nH]1. The molecule has 1 aromatic rings. The maximum Gasteiger partial charge on any atom is 0.267 e. The number of hydrogen-bond donors (Lipinski definition) is 2. The Morgan fingerprint density at radius 1 is 1.53 bits per heavy atom. The van der Waals surface area contributed by atoms with E-state index in [1.807, 2.05) is 13.8 Å². The molecule has 0 spiro atoms. The van der Waals surface area contributed by atoms with Gasteiger partial charge < -0.3 is 15.0 Å². The number of halogens is 1. The van der Waals surface area contributed by atoms with Crippen LogP contribution in [0.4, 0.5) is 0 Å². The van der Waals surface area contributed by atoms with Crippen molar-refractivity contribution in [2.24, 2.45) is 5.92 Å². The molecular formula is C11H17ClN2O4S. The van der Waals surface area contributed by atoms with Crippen molar-refractivity contribution in [3.8, 4) is 0 Å². The van der Waals surface area contributed by atoms with E-state index in [1.54, 1.807) is 0 Å². The minimum atomic E-state index is -3.82. The predicted octanol–water partition coefficient (Wildman–Crippen LogP) is 1.34. The summed E-state index contributed by atoms with van der Waals surface area (Å²) < 4.78 is 27.3. The Labute approximate surface area is 116 Å². The highest BCUT2D eigenvalue weighted by molar-refractivity contribution is 8.13. The molecule has 0 saturated heterocycles. The molecule has 0 unspecified atom stereocenters. The van der Waals surface area contributed by atoms with Crippen LogP contribution in [0.15, 0.2) is 17.2 Å². The number of amides is 1. The number of aromatic nitrogens is 1. The Morgan fingerprint density at radius 2 is 2.21 bits per heavy atom. The predicted molar refractivity (Wildman–Crippen MR) is 71.8 cm³/mol. The van der Waals surface area contributed by atoms with E-state index in [0.29, 0.717) is 25.7 Å². The smallest absolute Gasteiger partial charge is 0.267 e. The van der Waals surface area contributed by atoms with E-state index < -0.39 is 15.0 Å². The summed E-state index contributed by atoms with van der Waals surface area (Å²) in [7, 11) is 1.33. The lowest BCUT2D eigenvalue weighted by Gasteiger charge is -2.07. The maximum absolute atomic E-state index is 11.6. The molecule has 0 aliphatic rings. The van der Waals surface area contributed by atoms with Crippen molar-refractivity contribution in [2.45, 2.75) is 18.7 Å². The normalized spacial score (nSPS) is 11.8. The zero-order chi connectivity index (χ0) is 14.5. The quantitative estimate of drug-likeness (QED) is 0.588. The number of carbonyl (C=O) groups is 1. The number of aromatic amines is 1. The van der Waals surface area contributed by atoms with Crippen molar-refractivity contribution in [3.63, 3.8) is 0 Å². The third-order valence-electron chi connectivity index (χ3n) is 2.17. The van der Waals surface area contributed by atoms with Crippen LogP contribution < -0.4 is 5.32 Å². The second-order valence-electron chi connectivity index (χ2n) is 4.41. The minimum absolute atomic E-state index is 0.129. The van der Waals surface area contributed by atoms with Crippen molar-refractivity contribution >= 4 is 25.6 Å². The molecule has 108 valence electrons. The monoisotopic (exact) mass is 308 g/mol. The molecule has 2 N–H and O–H groups in total. The van der Waals surface area contributed by atoms with Gasteiger partial charge in [-0.2, -0.15) is 0 Å². The summed E-state index contributed by atoms with van der Waals surface area (Å²) in [5.74, 6) is 0.0373. The van der Waals surface area contributed by atoms with Gasteiger partial charge in [-0.25, -0.2) is 8.42 Å². The maximum atomic E-state index is 11.6. The van der Waals surface area contributed by atoms with Gasteiger partial charge in [0.2, 0.25) is 0 Å². The Bertz CT molecular complexity index is 525. The van der Waals surface area contributed by atoms with Crippen molar-refractivity contribution in [1.82, 2.24) is 10.3 Å². The van der Waals surface area contributed by atoms with Crippen molar-refractivity contribution in [2.75, 3.05) is 19.8 Å². The van der Waals surface area contributed by atoms with E-state index in [2.05, 4.69) is 10.3 Å². The Kier molecular flexibility index (Phi) is 5.84. The lowest BCUT2D eigenvalue weighted by atomic mass is 10.2. The minimum Gasteiger partial charge on any atom is -0.379 e. The second-order valence-corrected chi connectivity index (χ2v) is 6.98. The first kappa shape index (κ1) is 16.0. The largest absolute Gasteiger partial charge is 0.379 e. The molecule has 0 saturated carbocycles. The topological polar surface area (TPSA) is 88.3 Å². The number of H-pyrrole nitrogens is 1. The van der Waals surface area contributed by atoms with Gasteiger partial charge in [0.1, 0.15) is 10.6 Å². The van der Waals surface area contributed by atoms with Gasteiger partial charge in [-0.15, -0.1) is 0 Å². The molecule has 0 atom stereocenters. The van der Waals surface area contributed by atoms with Crippen molar-refractivity contribution in [1.29, 1.82) is 0 Å². The van der Waals surface area contributed by atoms with Crippen LogP contribution in [-0.4, -0.2) is 39.1 Å². The Morgan fingerprint density at radius 3 is 2.74 bits per heavy atom. The molecule has 0 aliphatic heterocycles. The molecule has 6 nitrogen and oxygen atoms in total. The van der Waals surface area contributed by atoms with E-state index in [9.17, 15) is 13.2 Å². The molecular weight excluding hydrogens is 292 g/mol. The summed E-state index contributed by atoms with van der Waals surface area (Å²) in [6.45, 7) is 5.46. The molecule has 0 aliphatic carbocycles. The second kappa shape index (κ2) is 6.93. The number of carbonyl (C=O) groups excluding carboxylic acids is 1. The van der Waals surface area contributed by atoms with E-state index in [1.165, 1.54) is 12.3 Å². The van der Waals surface area contributed by atoms with E-state index in [-0.39, 0.29) is 10.6 Å². The average molecular weight is 309 g/mol. The molecule has 0 radical (unpaired) electrons. The first-order valence-electron chi connectivity index (χ1n) is 5.79. The highest BCUT2D eigenvalue weighted by Crippen LogP contribution is 2.15.